The first-order valence-corrected chi connectivity index (χ1v) is 1.14. The Balaban J connectivity index is -0.0000000480. The van der Waals surface area contributed by atoms with Crippen LogP contribution in [0.4, 0.5) is 0 Å². The molecule has 0 radical (unpaired) electrons. The van der Waals surface area contributed by atoms with Crippen LogP contribution in [0, 0.1) is 23.2 Å². The monoisotopic (exact) mass is 80.0 g/mol. The summed E-state index contributed by atoms with van der Waals surface area (Å²) < 4.78 is 0. The molecule has 0 aliphatic heterocycles. The molecule has 0 fully saturated rings. The Morgan fingerprint density at radius 1 is 1.83 bits per heavy atom. The summed E-state index contributed by atoms with van der Waals surface area (Å²) in [5.41, 5.74) is 0. The van der Waals surface area contributed by atoms with Gasteiger partial charge in [-0.3, -0.25) is 0 Å². The Morgan fingerprint density at radius 3 is 2.00 bits per heavy atom. The van der Waals surface area contributed by atoms with Crippen molar-refractivity contribution in [2.75, 3.05) is 0 Å². The zero-order valence-electron chi connectivity index (χ0n) is 4.18. The molecule has 0 rings (SSSR count). The van der Waals surface area contributed by atoms with E-state index in [0.29, 0.717) is 0 Å². The van der Waals surface area contributed by atoms with Crippen LogP contribution in [0.2, 0.25) is 0 Å². The van der Waals surface area contributed by atoms with Gasteiger partial charge in [0.2, 0.25) is 0 Å². The molecule has 0 saturated carbocycles. The van der Waals surface area contributed by atoms with E-state index >= 15 is 0 Å². The normalized spacial score (nSPS) is 2.83. The standard InChI is InChI=1S/C3H3N.CN/c1-2-3-4;1-2/h2H,1H2;/q;-1/p+1. The third-order valence-electron chi connectivity index (χ3n) is 0.0913. The Morgan fingerprint density at radius 2 is 2.00 bits per heavy atom. The largest absolute Gasteiger partial charge is 1.00 e. The van der Waals surface area contributed by atoms with Crippen molar-refractivity contribution in [3.63, 3.8) is 0 Å². The molecule has 0 aromatic carbocycles. The van der Waals surface area contributed by atoms with Gasteiger partial charge < -0.3 is 11.8 Å². The van der Waals surface area contributed by atoms with E-state index in [0.717, 1.165) is 0 Å². The molecule has 0 unspecified atom stereocenters. The lowest BCUT2D eigenvalue weighted by Gasteiger charge is -1.31. The van der Waals surface area contributed by atoms with Gasteiger partial charge in [-0.25, -0.2) is 0 Å². The summed E-state index contributed by atoms with van der Waals surface area (Å²) in [6, 6.07) is 1.69. The van der Waals surface area contributed by atoms with Crippen LogP contribution in [0.5, 0.6) is 0 Å². The summed E-state index contributed by atoms with van der Waals surface area (Å²) in [6.07, 6.45) is 1.18. The van der Waals surface area contributed by atoms with Crippen LogP contribution >= 0.6 is 0 Å². The Labute approximate surface area is 38.4 Å². The summed E-state index contributed by atoms with van der Waals surface area (Å²) in [7, 11) is 0. The molecule has 0 aromatic heterocycles. The van der Waals surface area contributed by atoms with Crippen LogP contribution in [-0.2, 0) is 0 Å². The smallest absolute Gasteiger partial charge is 0.512 e. The van der Waals surface area contributed by atoms with Crippen molar-refractivity contribution in [2.24, 2.45) is 0 Å². The van der Waals surface area contributed by atoms with Crippen LogP contribution in [0.25, 0.3) is 0 Å². The first-order valence-electron chi connectivity index (χ1n) is 1.14. The molecule has 0 amide bonds. The van der Waals surface area contributed by atoms with Crippen molar-refractivity contribution in [2.45, 2.75) is 0 Å². The van der Waals surface area contributed by atoms with Crippen LogP contribution in [-0.4, -0.2) is 0 Å². The quantitative estimate of drug-likeness (QED) is 0.320. The van der Waals surface area contributed by atoms with Crippen molar-refractivity contribution in [3.8, 4) is 6.07 Å². The fraction of sp³-hybridized carbons (Fsp3) is 0. The van der Waals surface area contributed by atoms with Crippen molar-refractivity contribution in [1.82, 2.24) is 0 Å². The molecule has 0 aliphatic rings. The first-order chi connectivity index (χ1) is 2.91. The number of nitriles is 1. The predicted molar refractivity (Wildman–Crippen MR) is 21.9 cm³/mol. The first kappa shape index (κ1) is 8.83. The van der Waals surface area contributed by atoms with E-state index in [1.807, 2.05) is 0 Å². The van der Waals surface area contributed by atoms with Crippen LogP contribution in [0.1, 0.15) is 1.43 Å². The summed E-state index contributed by atoms with van der Waals surface area (Å²) in [5.74, 6) is 0. The Bertz CT molecular complexity index is 79.4. The van der Waals surface area contributed by atoms with Gasteiger partial charge in [-0.2, -0.15) is 5.26 Å². The number of allylic oxidation sites excluding steroid dienone is 1. The lowest BCUT2D eigenvalue weighted by atomic mass is 10.8. The SMILES string of the molecule is C=CC#N.[C-]#N.[H+]. The topological polar surface area (TPSA) is 47.6 Å². The highest BCUT2D eigenvalue weighted by Crippen LogP contribution is 1.41. The van der Waals surface area contributed by atoms with Crippen LogP contribution in [0.15, 0.2) is 12.7 Å². The Hall–Kier alpha value is -1.28. The van der Waals surface area contributed by atoms with Gasteiger partial charge in [-0.1, -0.05) is 6.58 Å². The van der Waals surface area contributed by atoms with Crippen LogP contribution in [0.3, 0.4) is 0 Å². The van der Waals surface area contributed by atoms with E-state index in [4.69, 9.17) is 17.1 Å². The molecule has 0 aromatic rings. The van der Waals surface area contributed by atoms with Crippen LogP contribution < -0.4 is 0 Å². The minimum absolute atomic E-state index is 0. The second kappa shape index (κ2) is 53.1. The lowest BCUT2D eigenvalue weighted by molar-refractivity contribution is 1.53. The minimum Gasteiger partial charge on any atom is -0.512 e. The molecule has 0 spiro atoms. The van der Waals surface area contributed by atoms with E-state index in [1.165, 1.54) is 6.08 Å². The number of hydrogen-bond acceptors (Lipinski definition) is 2. The third kappa shape index (κ3) is 103. The van der Waals surface area contributed by atoms with Gasteiger partial charge >= 0.3 is 1.43 Å². The maximum Gasteiger partial charge on any atom is 1.00 e. The van der Waals surface area contributed by atoms with Crippen molar-refractivity contribution < 1.29 is 1.43 Å². The van der Waals surface area contributed by atoms with E-state index in [9.17, 15) is 0 Å². The van der Waals surface area contributed by atoms with Gasteiger partial charge in [0.1, 0.15) is 0 Å². The summed E-state index contributed by atoms with van der Waals surface area (Å²) in [4.78, 5) is 0. The average molecular weight is 80.1 g/mol. The molecular formula is C4H4N2. The van der Waals surface area contributed by atoms with Gasteiger partial charge in [0.25, 0.3) is 0 Å². The molecule has 0 N–H and O–H groups in total. The average Bonchev–Trinajstić information content (AvgIpc) is 1.72. The molecular weight excluding hydrogens is 76.1 g/mol. The highest BCUT2D eigenvalue weighted by molar-refractivity contribution is 4.93. The molecule has 6 heavy (non-hydrogen) atoms. The Kier molecular flexibility index (Phi) is 78.1. The van der Waals surface area contributed by atoms with Gasteiger partial charge in [-0.15, -0.1) is 0 Å². The van der Waals surface area contributed by atoms with Crippen molar-refractivity contribution >= 4 is 0 Å². The number of nitrogens with zero attached hydrogens (tertiary/aromatic N) is 2. The van der Waals surface area contributed by atoms with E-state index in [2.05, 4.69) is 6.58 Å². The molecule has 0 saturated heterocycles. The van der Waals surface area contributed by atoms with Gasteiger partial charge in [0.05, 0.1) is 6.07 Å². The predicted octanol–water partition coefficient (Wildman–Crippen LogP) is 0.905. The van der Waals surface area contributed by atoms with Gasteiger partial charge in [0, 0.05) is 6.08 Å². The molecule has 0 bridgehead atoms. The second-order valence-electron chi connectivity index (χ2n) is 0.333. The molecule has 0 aliphatic carbocycles. The van der Waals surface area contributed by atoms with E-state index in [1.54, 1.807) is 6.07 Å². The fourth-order valence-corrected chi connectivity index (χ4v) is 0. The highest BCUT2D eigenvalue weighted by Gasteiger charge is 1.34. The highest BCUT2D eigenvalue weighted by atomic mass is 14.2. The zero-order valence-corrected chi connectivity index (χ0v) is 3.18. The lowest BCUT2D eigenvalue weighted by Crippen LogP contribution is -1.23. The van der Waals surface area contributed by atoms with E-state index in [-0.39, 0.29) is 1.43 Å². The molecule has 2 nitrogen and oxygen atoms in total. The molecule has 0 heterocycles. The zero-order chi connectivity index (χ0) is 5.41. The second-order valence-corrected chi connectivity index (χ2v) is 0.333. The van der Waals surface area contributed by atoms with Gasteiger partial charge in [-0.05, 0) is 0 Å². The maximum atomic E-state index is 7.51. The molecule has 2 heteroatoms. The number of hydrogen-bond donors (Lipinski definition) is 0. The molecule has 30 valence electrons. The van der Waals surface area contributed by atoms with Gasteiger partial charge in [0.15, 0.2) is 0 Å². The fourth-order valence-electron chi connectivity index (χ4n) is 0. The van der Waals surface area contributed by atoms with Crippen molar-refractivity contribution in [3.05, 3.63) is 19.2 Å². The summed E-state index contributed by atoms with van der Waals surface area (Å²) in [5, 5.41) is 13.8. The third-order valence-corrected chi connectivity index (χ3v) is 0.0913. The molecule has 0 atom stereocenters. The summed E-state index contributed by atoms with van der Waals surface area (Å²) in [6.45, 7) is 7.87. The van der Waals surface area contributed by atoms with E-state index < -0.39 is 0 Å². The maximum absolute atomic E-state index is 7.51. The van der Waals surface area contributed by atoms with Crippen molar-refractivity contribution in [1.29, 1.82) is 10.5 Å². The summed E-state index contributed by atoms with van der Waals surface area (Å²) >= 11 is 0. The number of rotatable bonds is 0. The minimum atomic E-state index is 0.